The summed E-state index contributed by atoms with van der Waals surface area (Å²) >= 11 is 0. The molecule has 0 saturated heterocycles. The molecule has 23 heavy (non-hydrogen) atoms. The van der Waals surface area contributed by atoms with Gasteiger partial charge in [0.15, 0.2) is 0 Å². The largest absolute Gasteiger partial charge is 0.439 e. The summed E-state index contributed by atoms with van der Waals surface area (Å²) in [6.07, 6.45) is 21.8. The lowest BCUT2D eigenvalue weighted by Gasteiger charge is -2.11. The molecule has 128 valence electrons. The fourth-order valence-corrected chi connectivity index (χ4v) is 2.23. The first-order chi connectivity index (χ1) is 10.8. The lowest BCUT2D eigenvalue weighted by atomic mass is 10.0. The number of terminal acetylenes is 1. The van der Waals surface area contributed by atoms with Crippen molar-refractivity contribution in [1.82, 2.24) is 0 Å². The number of hydrogen-bond acceptors (Lipinski definition) is 1. The van der Waals surface area contributed by atoms with Crippen LogP contribution in [0.3, 0.4) is 0 Å². The summed E-state index contributed by atoms with van der Waals surface area (Å²) in [4.78, 5) is 0. The summed E-state index contributed by atoms with van der Waals surface area (Å²) in [5.74, 6) is 0. The molecule has 0 aromatic heterocycles. The van der Waals surface area contributed by atoms with Crippen molar-refractivity contribution in [3.8, 4) is 12.5 Å². The quantitative estimate of drug-likeness (QED) is 0.320. The average molecular weight is 315 g/mol. The summed E-state index contributed by atoms with van der Waals surface area (Å²) < 4.78 is 5.41. The van der Waals surface area contributed by atoms with E-state index in [1.165, 1.54) is 22.3 Å². The molecular formula is C22H34O. The maximum Gasteiger partial charge on any atom is 0.132 e. The van der Waals surface area contributed by atoms with Gasteiger partial charge in [-0.3, -0.25) is 0 Å². The molecule has 0 radical (unpaired) electrons. The van der Waals surface area contributed by atoms with Gasteiger partial charge in [-0.05, 0) is 73.3 Å². The molecule has 1 heteroatoms. The molecule has 1 unspecified atom stereocenters. The Bertz CT molecular complexity index is 487. The predicted octanol–water partition coefficient (Wildman–Crippen LogP) is 6.74. The van der Waals surface area contributed by atoms with Crippen molar-refractivity contribution in [3.05, 3.63) is 46.6 Å². The van der Waals surface area contributed by atoms with Crippen LogP contribution in [0.5, 0.6) is 0 Å². The molecule has 1 atom stereocenters. The zero-order valence-corrected chi connectivity index (χ0v) is 15.9. The Balaban J connectivity index is 4.52. The smallest absolute Gasteiger partial charge is 0.132 e. The van der Waals surface area contributed by atoms with Crippen LogP contribution in [-0.2, 0) is 4.74 Å². The van der Waals surface area contributed by atoms with Gasteiger partial charge in [-0.1, -0.05) is 46.9 Å². The molecular weight excluding hydrogens is 280 g/mol. The number of ether oxygens (including phenoxy) is 1. The number of rotatable bonds is 10. The molecule has 0 heterocycles. The lowest BCUT2D eigenvalue weighted by Crippen LogP contribution is -2.06. The van der Waals surface area contributed by atoms with E-state index in [1.807, 2.05) is 0 Å². The molecule has 1 nitrogen and oxygen atoms in total. The van der Waals surface area contributed by atoms with Gasteiger partial charge in [0.2, 0.25) is 0 Å². The minimum Gasteiger partial charge on any atom is -0.439 e. The minimum atomic E-state index is -0.0230. The topological polar surface area (TPSA) is 9.23 Å². The minimum absolute atomic E-state index is 0.0230. The van der Waals surface area contributed by atoms with E-state index < -0.39 is 0 Å². The highest BCUT2D eigenvalue weighted by atomic mass is 16.5. The Kier molecular flexibility index (Phi) is 11.9. The van der Waals surface area contributed by atoms with Crippen LogP contribution < -0.4 is 0 Å². The first-order valence-electron chi connectivity index (χ1n) is 8.56. The van der Waals surface area contributed by atoms with Gasteiger partial charge in [0, 0.05) is 6.42 Å². The highest BCUT2D eigenvalue weighted by molar-refractivity contribution is 5.09. The van der Waals surface area contributed by atoms with E-state index in [-0.39, 0.29) is 6.10 Å². The van der Waals surface area contributed by atoms with Crippen LogP contribution in [0.2, 0.25) is 0 Å². The van der Waals surface area contributed by atoms with Crippen LogP contribution in [-0.4, -0.2) is 6.10 Å². The average Bonchev–Trinajstić information content (AvgIpc) is 2.44. The van der Waals surface area contributed by atoms with Crippen molar-refractivity contribution in [1.29, 1.82) is 0 Å². The van der Waals surface area contributed by atoms with Crippen LogP contribution in [0, 0.1) is 12.5 Å². The van der Waals surface area contributed by atoms with Gasteiger partial charge in [-0.2, -0.15) is 0 Å². The van der Waals surface area contributed by atoms with Crippen molar-refractivity contribution in [2.45, 2.75) is 79.8 Å². The molecule has 0 amide bonds. The van der Waals surface area contributed by atoms with Gasteiger partial charge in [-0.15, -0.1) is 0 Å². The molecule has 0 spiro atoms. The standard InChI is InChI=1S/C22H34O/c1-8-23-22(17-21(7)14-10-12-19(4)5)16-15-20(6)13-9-11-18(2)3/h1,11-12,15,17,22H,9-10,13-14,16H2,2-7H3/b20-15+,21-17+. The Labute approximate surface area is 144 Å². The van der Waals surface area contributed by atoms with Crippen molar-refractivity contribution in [2.24, 2.45) is 0 Å². The molecule has 0 fully saturated rings. The Hall–Kier alpha value is -1.68. The van der Waals surface area contributed by atoms with Gasteiger partial charge in [0.1, 0.15) is 12.2 Å². The molecule has 0 aromatic carbocycles. The summed E-state index contributed by atoms with van der Waals surface area (Å²) in [5, 5.41) is 0. The van der Waals surface area contributed by atoms with Gasteiger partial charge in [0.25, 0.3) is 0 Å². The molecule has 0 aromatic rings. The highest BCUT2D eigenvalue weighted by Gasteiger charge is 2.04. The Morgan fingerprint density at radius 1 is 0.870 bits per heavy atom. The van der Waals surface area contributed by atoms with E-state index in [9.17, 15) is 0 Å². The summed E-state index contributed by atoms with van der Waals surface area (Å²) in [7, 11) is 0. The summed E-state index contributed by atoms with van der Waals surface area (Å²) in [6.45, 7) is 12.9. The first-order valence-corrected chi connectivity index (χ1v) is 8.56. The molecule has 0 N–H and O–H groups in total. The third kappa shape index (κ3) is 13.7. The molecule has 0 saturated carbocycles. The van der Waals surface area contributed by atoms with Crippen molar-refractivity contribution >= 4 is 0 Å². The fraction of sp³-hybridized carbons (Fsp3) is 0.545. The third-order valence-electron chi connectivity index (χ3n) is 3.57. The van der Waals surface area contributed by atoms with Crippen molar-refractivity contribution < 1.29 is 4.74 Å². The van der Waals surface area contributed by atoms with Crippen LogP contribution in [0.4, 0.5) is 0 Å². The monoisotopic (exact) mass is 314 g/mol. The van der Waals surface area contributed by atoms with E-state index >= 15 is 0 Å². The van der Waals surface area contributed by atoms with Gasteiger partial charge in [-0.25, -0.2) is 0 Å². The first kappa shape index (κ1) is 21.3. The van der Waals surface area contributed by atoms with Crippen molar-refractivity contribution in [2.75, 3.05) is 0 Å². The van der Waals surface area contributed by atoms with Crippen LogP contribution >= 0.6 is 0 Å². The molecule has 0 bridgehead atoms. The molecule has 0 aliphatic carbocycles. The maximum absolute atomic E-state index is 5.41. The normalized spacial score (nSPS) is 13.1. The van der Waals surface area contributed by atoms with Crippen LogP contribution in [0.1, 0.15) is 73.6 Å². The second-order valence-corrected chi connectivity index (χ2v) is 6.71. The van der Waals surface area contributed by atoms with Crippen molar-refractivity contribution in [3.63, 3.8) is 0 Å². The van der Waals surface area contributed by atoms with Gasteiger partial charge >= 0.3 is 0 Å². The zero-order chi connectivity index (χ0) is 17.7. The second kappa shape index (κ2) is 12.8. The third-order valence-corrected chi connectivity index (χ3v) is 3.57. The lowest BCUT2D eigenvalue weighted by molar-refractivity contribution is 0.213. The van der Waals surface area contributed by atoms with Gasteiger partial charge < -0.3 is 4.74 Å². The van der Waals surface area contributed by atoms with Crippen LogP contribution in [0.25, 0.3) is 0 Å². The number of hydrogen-bond donors (Lipinski definition) is 0. The SMILES string of the molecule is C#COC(/C=C(\C)CCC=C(C)C)C/C=C(\C)CCC=C(C)C. The second-order valence-electron chi connectivity index (χ2n) is 6.71. The summed E-state index contributed by atoms with van der Waals surface area (Å²) in [5.41, 5.74) is 5.47. The van der Waals surface area contributed by atoms with Gasteiger partial charge in [0.05, 0.1) is 0 Å². The summed E-state index contributed by atoms with van der Waals surface area (Å²) in [6, 6.07) is 0. The predicted molar refractivity (Wildman–Crippen MR) is 103 cm³/mol. The molecule has 0 rings (SSSR count). The highest BCUT2D eigenvalue weighted by Crippen LogP contribution is 2.14. The van der Waals surface area contributed by atoms with E-state index in [2.05, 4.69) is 72.0 Å². The number of allylic oxidation sites excluding steroid dienone is 6. The van der Waals surface area contributed by atoms with Crippen LogP contribution in [0.15, 0.2) is 46.6 Å². The molecule has 0 aliphatic heterocycles. The fourth-order valence-electron chi connectivity index (χ4n) is 2.23. The maximum atomic E-state index is 5.41. The Morgan fingerprint density at radius 3 is 1.87 bits per heavy atom. The van der Waals surface area contributed by atoms with E-state index in [4.69, 9.17) is 11.2 Å². The zero-order valence-electron chi connectivity index (χ0n) is 15.9. The van der Waals surface area contributed by atoms with E-state index in [1.54, 1.807) is 0 Å². The van der Waals surface area contributed by atoms with E-state index in [0.717, 1.165) is 32.1 Å². The van der Waals surface area contributed by atoms with E-state index in [0.29, 0.717) is 0 Å². The molecule has 0 aliphatic rings. The Morgan fingerprint density at radius 2 is 1.39 bits per heavy atom.